The first-order valence-corrected chi connectivity index (χ1v) is 7.55. The van der Waals surface area contributed by atoms with E-state index < -0.39 is 16.0 Å². The van der Waals surface area contributed by atoms with Gasteiger partial charge < -0.3 is 14.4 Å². The Bertz CT molecular complexity index is 577. The number of carboxylic acid groups (broad SMARTS) is 1. The van der Waals surface area contributed by atoms with Gasteiger partial charge in [0.2, 0.25) is 15.8 Å². The van der Waals surface area contributed by atoms with Crippen molar-refractivity contribution in [3.63, 3.8) is 0 Å². The van der Waals surface area contributed by atoms with E-state index in [2.05, 4.69) is 0 Å². The summed E-state index contributed by atoms with van der Waals surface area (Å²) in [7, 11) is 1.57. The van der Waals surface area contributed by atoms with Gasteiger partial charge in [0.25, 0.3) is 0 Å². The molecule has 0 aliphatic carbocycles. The molecule has 0 saturated carbocycles. The molecule has 0 aliphatic rings. The third kappa shape index (κ3) is 3.81. The number of aromatic carboxylic acids is 1. The van der Waals surface area contributed by atoms with Crippen LogP contribution in [-0.4, -0.2) is 62.9 Å². The molecule has 1 rings (SSSR count). The zero-order valence-electron chi connectivity index (χ0n) is 12.1. The van der Waals surface area contributed by atoms with Gasteiger partial charge in [0.05, 0.1) is 0 Å². The number of sulfonamides is 1. The van der Waals surface area contributed by atoms with Gasteiger partial charge in [0.1, 0.15) is 10.7 Å². The molecule has 1 aromatic rings. The highest BCUT2D eigenvalue weighted by Gasteiger charge is 2.27. The number of carboxylic acids is 1. The molecule has 0 radical (unpaired) electrons. The molecule has 20 heavy (non-hydrogen) atoms. The van der Waals surface area contributed by atoms with Crippen molar-refractivity contribution in [2.24, 2.45) is 0 Å². The lowest BCUT2D eigenvalue weighted by molar-refractivity contribution is 0.0661. The first-order chi connectivity index (χ1) is 9.16. The Hall–Kier alpha value is -1.38. The number of furan rings is 1. The van der Waals surface area contributed by atoms with E-state index in [0.29, 0.717) is 13.0 Å². The summed E-state index contributed by atoms with van der Waals surface area (Å²) in [4.78, 5) is 12.7. The zero-order chi connectivity index (χ0) is 15.5. The number of rotatable bonds is 7. The lowest BCUT2D eigenvalue weighted by Gasteiger charge is -2.17. The lowest BCUT2D eigenvalue weighted by Crippen LogP contribution is -2.30. The zero-order valence-corrected chi connectivity index (χ0v) is 12.9. The van der Waals surface area contributed by atoms with Gasteiger partial charge in [-0.25, -0.2) is 17.5 Å². The van der Waals surface area contributed by atoms with Crippen LogP contribution < -0.4 is 0 Å². The topological polar surface area (TPSA) is 91.1 Å². The second-order valence-electron chi connectivity index (χ2n) is 4.82. The Morgan fingerprint density at radius 3 is 2.35 bits per heavy atom. The number of aryl methyl sites for hydroxylation is 1. The van der Waals surface area contributed by atoms with Crippen molar-refractivity contribution >= 4 is 16.0 Å². The molecule has 7 nitrogen and oxygen atoms in total. The normalized spacial score (nSPS) is 12.3. The van der Waals surface area contributed by atoms with E-state index in [1.54, 1.807) is 0 Å². The van der Waals surface area contributed by atoms with E-state index >= 15 is 0 Å². The maximum absolute atomic E-state index is 12.3. The summed E-state index contributed by atoms with van der Waals surface area (Å²) >= 11 is 0. The summed E-state index contributed by atoms with van der Waals surface area (Å²) in [6.07, 6.45) is 0.686. The Balaban J connectivity index is 2.90. The fourth-order valence-corrected chi connectivity index (χ4v) is 3.09. The van der Waals surface area contributed by atoms with Crippen LogP contribution in [0.1, 0.15) is 22.7 Å². The summed E-state index contributed by atoms with van der Waals surface area (Å²) < 4.78 is 30.8. The molecule has 8 heteroatoms. The highest BCUT2D eigenvalue weighted by molar-refractivity contribution is 7.89. The van der Waals surface area contributed by atoms with Crippen molar-refractivity contribution in [1.29, 1.82) is 0 Å². The molecule has 0 unspecified atom stereocenters. The van der Waals surface area contributed by atoms with Gasteiger partial charge in [0, 0.05) is 19.7 Å². The highest BCUT2D eigenvalue weighted by Crippen LogP contribution is 2.23. The molecule has 0 aliphatic heterocycles. The maximum Gasteiger partial charge on any atom is 0.371 e. The molecule has 1 aromatic heterocycles. The van der Waals surface area contributed by atoms with Gasteiger partial charge >= 0.3 is 5.97 Å². The highest BCUT2D eigenvalue weighted by atomic mass is 32.2. The quantitative estimate of drug-likeness (QED) is 0.803. The maximum atomic E-state index is 12.3. The second kappa shape index (κ2) is 6.38. The monoisotopic (exact) mass is 304 g/mol. The Labute approximate surface area is 118 Å². The number of nitrogens with zero attached hydrogens (tertiary/aromatic N) is 2. The minimum absolute atomic E-state index is 0.0851. The molecule has 1 N–H and O–H groups in total. The van der Waals surface area contributed by atoms with Crippen molar-refractivity contribution in [3.05, 3.63) is 17.6 Å². The van der Waals surface area contributed by atoms with Crippen LogP contribution in [0.5, 0.6) is 0 Å². The number of carbonyl (C=O) groups is 1. The minimum atomic E-state index is -3.72. The van der Waals surface area contributed by atoms with Gasteiger partial charge in [-0.2, -0.15) is 0 Å². The predicted molar refractivity (Wildman–Crippen MR) is 73.4 cm³/mol. The van der Waals surface area contributed by atoms with Gasteiger partial charge in [-0.05, 0) is 34.0 Å². The molecule has 0 spiro atoms. The van der Waals surface area contributed by atoms with Crippen LogP contribution in [0.3, 0.4) is 0 Å². The van der Waals surface area contributed by atoms with Crippen molar-refractivity contribution < 1.29 is 22.7 Å². The standard InChI is InChI=1S/C12H20N2O5S/c1-9-11(8-10(19-9)12(15)16)20(17,18)14(4)7-5-6-13(2)3/h8H,5-7H2,1-4H3,(H,15,16). The summed E-state index contributed by atoms with van der Waals surface area (Å²) in [5.41, 5.74) is 0. The smallest absolute Gasteiger partial charge is 0.371 e. The summed E-state index contributed by atoms with van der Waals surface area (Å²) in [6.45, 7) is 2.56. The van der Waals surface area contributed by atoms with E-state index in [4.69, 9.17) is 9.52 Å². The Morgan fingerprint density at radius 1 is 1.30 bits per heavy atom. The molecule has 0 saturated heterocycles. The first kappa shape index (κ1) is 16.7. The van der Waals surface area contributed by atoms with Crippen LogP contribution in [0.25, 0.3) is 0 Å². The molecule has 114 valence electrons. The van der Waals surface area contributed by atoms with Gasteiger partial charge in [-0.3, -0.25) is 0 Å². The Kier molecular flexibility index (Phi) is 5.32. The fraction of sp³-hybridized carbons (Fsp3) is 0.583. The third-order valence-electron chi connectivity index (χ3n) is 2.85. The molecule has 0 amide bonds. The van der Waals surface area contributed by atoms with E-state index in [0.717, 1.165) is 12.6 Å². The van der Waals surface area contributed by atoms with Crippen LogP contribution in [0.15, 0.2) is 15.4 Å². The van der Waals surface area contributed by atoms with E-state index in [-0.39, 0.29) is 16.4 Å². The molecule has 0 fully saturated rings. The molecule has 0 atom stereocenters. The van der Waals surface area contributed by atoms with Crippen molar-refractivity contribution in [2.45, 2.75) is 18.2 Å². The van der Waals surface area contributed by atoms with Crippen LogP contribution >= 0.6 is 0 Å². The minimum Gasteiger partial charge on any atom is -0.475 e. The number of hydrogen-bond acceptors (Lipinski definition) is 5. The lowest BCUT2D eigenvalue weighted by atomic mass is 10.4. The summed E-state index contributed by atoms with van der Waals surface area (Å²) in [5, 5.41) is 8.82. The summed E-state index contributed by atoms with van der Waals surface area (Å²) in [6, 6.07) is 1.05. The van der Waals surface area contributed by atoms with E-state index in [9.17, 15) is 13.2 Å². The predicted octanol–water partition coefficient (Wildman–Crippen LogP) is 0.858. The molecular formula is C12H20N2O5S. The molecule has 0 aromatic carbocycles. The van der Waals surface area contributed by atoms with Crippen molar-refractivity contribution in [1.82, 2.24) is 9.21 Å². The van der Waals surface area contributed by atoms with Crippen LogP contribution in [0.4, 0.5) is 0 Å². The number of hydrogen-bond donors (Lipinski definition) is 1. The largest absolute Gasteiger partial charge is 0.475 e. The first-order valence-electron chi connectivity index (χ1n) is 6.11. The Morgan fingerprint density at radius 2 is 1.90 bits per heavy atom. The van der Waals surface area contributed by atoms with Crippen LogP contribution in [0.2, 0.25) is 0 Å². The molecular weight excluding hydrogens is 284 g/mol. The van der Waals surface area contributed by atoms with Crippen LogP contribution in [0, 0.1) is 6.92 Å². The van der Waals surface area contributed by atoms with Gasteiger partial charge in [-0.1, -0.05) is 0 Å². The second-order valence-corrected chi connectivity index (χ2v) is 6.83. The van der Waals surface area contributed by atoms with Gasteiger partial charge in [-0.15, -0.1) is 0 Å². The average molecular weight is 304 g/mol. The SMILES string of the molecule is Cc1oc(C(=O)O)cc1S(=O)(=O)N(C)CCCN(C)C. The van der Waals surface area contributed by atoms with Crippen molar-refractivity contribution in [3.8, 4) is 0 Å². The molecule has 1 heterocycles. The molecule has 0 bridgehead atoms. The van der Waals surface area contributed by atoms with Crippen molar-refractivity contribution in [2.75, 3.05) is 34.2 Å². The van der Waals surface area contributed by atoms with Crippen LogP contribution in [-0.2, 0) is 10.0 Å². The average Bonchev–Trinajstić information content (AvgIpc) is 2.71. The van der Waals surface area contributed by atoms with E-state index in [1.165, 1.54) is 18.3 Å². The van der Waals surface area contributed by atoms with Gasteiger partial charge in [0.15, 0.2) is 0 Å². The third-order valence-corrected chi connectivity index (χ3v) is 4.81. The fourth-order valence-electron chi connectivity index (χ4n) is 1.72. The van der Waals surface area contributed by atoms with E-state index in [1.807, 2.05) is 19.0 Å². The summed E-state index contributed by atoms with van der Waals surface area (Å²) in [5.74, 6) is -1.57.